The fraction of sp³-hybridized carbons (Fsp3) is 0.429. The molecule has 0 fully saturated rings. The molecule has 0 saturated heterocycles. The van der Waals surface area contributed by atoms with Crippen LogP contribution in [0.4, 0.5) is 4.39 Å². The van der Waals surface area contributed by atoms with Gasteiger partial charge in [-0.2, -0.15) is 0 Å². The Labute approximate surface area is 130 Å². The number of rotatable bonds is 4. The number of halogens is 2. The highest BCUT2D eigenvalue weighted by Gasteiger charge is 2.22. The molecule has 21 heavy (non-hydrogen) atoms. The number of methoxy groups -OCH3 is 1. The summed E-state index contributed by atoms with van der Waals surface area (Å²) in [5, 5.41) is 0. The molecular weight excluding hydrogens is 347 g/mol. The van der Waals surface area contributed by atoms with Crippen LogP contribution in [-0.2, 0) is 14.3 Å². The molecule has 0 spiro atoms. The first-order valence-electron chi connectivity index (χ1n) is 6.06. The Morgan fingerprint density at radius 1 is 1.29 bits per heavy atom. The van der Waals surface area contributed by atoms with Gasteiger partial charge in [0.15, 0.2) is 6.61 Å². The van der Waals surface area contributed by atoms with Crippen LogP contribution in [0, 0.1) is 5.82 Å². The van der Waals surface area contributed by atoms with Gasteiger partial charge in [0, 0.05) is 4.47 Å². The molecule has 1 rings (SSSR count). The van der Waals surface area contributed by atoms with Crippen molar-refractivity contribution in [2.45, 2.75) is 26.4 Å². The first-order valence-corrected chi connectivity index (χ1v) is 6.85. The fourth-order valence-electron chi connectivity index (χ4n) is 1.47. The zero-order valence-electron chi connectivity index (χ0n) is 12.2. The standard InChI is InChI=1S/C14H16BrFO5/c1-14(2,3)21-11(17)7-20-10-6-8(15)5-9(16)12(10)13(18)19-4/h5-6H,7H2,1-4H3. The van der Waals surface area contributed by atoms with E-state index in [1.54, 1.807) is 20.8 Å². The lowest BCUT2D eigenvalue weighted by atomic mass is 10.2. The van der Waals surface area contributed by atoms with Gasteiger partial charge in [-0.3, -0.25) is 0 Å². The third-order valence-corrected chi connectivity index (χ3v) is 2.63. The highest BCUT2D eigenvalue weighted by molar-refractivity contribution is 9.10. The van der Waals surface area contributed by atoms with Gasteiger partial charge in [-0.1, -0.05) is 15.9 Å². The van der Waals surface area contributed by atoms with Crippen LogP contribution in [0.5, 0.6) is 5.75 Å². The number of hydrogen-bond acceptors (Lipinski definition) is 5. The van der Waals surface area contributed by atoms with Crippen molar-refractivity contribution in [2.24, 2.45) is 0 Å². The molecule has 0 N–H and O–H groups in total. The lowest BCUT2D eigenvalue weighted by Gasteiger charge is -2.19. The molecule has 0 heterocycles. The first kappa shape index (κ1) is 17.4. The van der Waals surface area contributed by atoms with Gasteiger partial charge < -0.3 is 14.2 Å². The van der Waals surface area contributed by atoms with E-state index in [0.717, 1.165) is 13.2 Å². The number of carbonyl (C=O) groups is 2. The second-order valence-electron chi connectivity index (χ2n) is 5.13. The summed E-state index contributed by atoms with van der Waals surface area (Å²) in [6.45, 7) is 4.69. The topological polar surface area (TPSA) is 61.8 Å². The second kappa shape index (κ2) is 6.89. The summed E-state index contributed by atoms with van der Waals surface area (Å²) in [5.41, 5.74) is -1.03. The molecule has 0 aliphatic carbocycles. The molecule has 0 aliphatic rings. The predicted octanol–water partition coefficient (Wildman–Crippen LogP) is 3.10. The van der Waals surface area contributed by atoms with E-state index >= 15 is 0 Å². The molecule has 7 heteroatoms. The third kappa shape index (κ3) is 5.34. The summed E-state index contributed by atoms with van der Waals surface area (Å²) in [5.74, 6) is -2.42. The van der Waals surface area contributed by atoms with Crippen molar-refractivity contribution in [2.75, 3.05) is 13.7 Å². The zero-order valence-corrected chi connectivity index (χ0v) is 13.7. The van der Waals surface area contributed by atoms with Crippen LogP contribution >= 0.6 is 15.9 Å². The monoisotopic (exact) mass is 362 g/mol. The second-order valence-corrected chi connectivity index (χ2v) is 6.04. The molecule has 116 valence electrons. The lowest BCUT2D eigenvalue weighted by Crippen LogP contribution is -2.27. The lowest BCUT2D eigenvalue weighted by molar-refractivity contribution is -0.157. The minimum absolute atomic E-state index is 0.0976. The van der Waals surface area contributed by atoms with Crippen molar-refractivity contribution in [3.8, 4) is 5.75 Å². The van der Waals surface area contributed by atoms with Crippen LogP contribution in [0.3, 0.4) is 0 Å². The average Bonchev–Trinajstić information content (AvgIpc) is 2.32. The largest absolute Gasteiger partial charge is 0.481 e. The van der Waals surface area contributed by atoms with Gasteiger partial charge in [-0.15, -0.1) is 0 Å². The van der Waals surface area contributed by atoms with Gasteiger partial charge in [-0.05, 0) is 32.9 Å². The maximum atomic E-state index is 13.8. The molecule has 0 aliphatic heterocycles. The van der Waals surface area contributed by atoms with Gasteiger partial charge in [0.25, 0.3) is 0 Å². The van der Waals surface area contributed by atoms with Crippen molar-refractivity contribution in [1.82, 2.24) is 0 Å². The van der Waals surface area contributed by atoms with E-state index in [2.05, 4.69) is 20.7 Å². The SMILES string of the molecule is COC(=O)c1c(F)cc(Br)cc1OCC(=O)OC(C)(C)C. The molecule has 0 unspecified atom stereocenters. The number of ether oxygens (including phenoxy) is 3. The number of esters is 2. The normalized spacial score (nSPS) is 11.0. The first-order chi connectivity index (χ1) is 9.64. The van der Waals surface area contributed by atoms with Gasteiger partial charge >= 0.3 is 11.9 Å². The molecule has 5 nitrogen and oxygen atoms in total. The van der Waals surface area contributed by atoms with Crippen LogP contribution in [0.15, 0.2) is 16.6 Å². The van der Waals surface area contributed by atoms with Crippen molar-refractivity contribution in [1.29, 1.82) is 0 Å². The van der Waals surface area contributed by atoms with E-state index in [9.17, 15) is 14.0 Å². The number of benzene rings is 1. The number of hydrogen-bond donors (Lipinski definition) is 0. The number of carbonyl (C=O) groups excluding carboxylic acids is 2. The van der Waals surface area contributed by atoms with Crippen molar-refractivity contribution in [3.63, 3.8) is 0 Å². The van der Waals surface area contributed by atoms with E-state index in [-0.39, 0.29) is 11.3 Å². The third-order valence-electron chi connectivity index (χ3n) is 2.17. The Hall–Kier alpha value is -1.63. The van der Waals surface area contributed by atoms with Gasteiger partial charge in [0.1, 0.15) is 22.7 Å². The van der Waals surface area contributed by atoms with E-state index in [1.165, 1.54) is 6.07 Å². The Bertz CT molecular complexity index is 551. The van der Waals surface area contributed by atoms with Gasteiger partial charge in [-0.25, -0.2) is 14.0 Å². The highest BCUT2D eigenvalue weighted by atomic mass is 79.9. The predicted molar refractivity (Wildman–Crippen MR) is 76.8 cm³/mol. The molecule has 1 aromatic carbocycles. The van der Waals surface area contributed by atoms with Crippen molar-refractivity contribution >= 4 is 27.9 Å². The molecular formula is C14H16BrFO5. The molecule has 0 amide bonds. The molecule has 0 radical (unpaired) electrons. The summed E-state index contributed by atoms with van der Waals surface area (Å²) in [6.07, 6.45) is 0. The molecule has 0 atom stereocenters. The highest BCUT2D eigenvalue weighted by Crippen LogP contribution is 2.27. The average molecular weight is 363 g/mol. The van der Waals surface area contributed by atoms with E-state index < -0.39 is 30.0 Å². The molecule has 1 aromatic rings. The maximum Gasteiger partial charge on any atom is 0.344 e. The Morgan fingerprint density at radius 2 is 1.90 bits per heavy atom. The van der Waals surface area contributed by atoms with Gasteiger partial charge in [0.05, 0.1) is 7.11 Å². The fourth-order valence-corrected chi connectivity index (χ4v) is 1.88. The van der Waals surface area contributed by atoms with Crippen LogP contribution < -0.4 is 4.74 Å². The van der Waals surface area contributed by atoms with Crippen molar-refractivity contribution in [3.05, 3.63) is 28.0 Å². The van der Waals surface area contributed by atoms with Crippen LogP contribution in [-0.4, -0.2) is 31.3 Å². The quantitative estimate of drug-likeness (QED) is 0.770. The van der Waals surface area contributed by atoms with Crippen LogP contribution in [0.25, 0.3) is 0 Å². The minimum Gasteiger partial charge on any atom is -0.481 e. The van der Waals surface area contributed by atoms with Gasteiger partial charge in [0.2, 0.25) is 0 Å². The summed E-state index contributed by atoms with van der Waals surface area (Å²) in [4.78, 5) is 23.1. The minimum atomic E-state index is -0.890. The zero-order chi connectivity index (χ0) is 16.2. The maximum absolute atomic E-state index is 13.8. The molecule has 0 bridgehead atoms. The molecule has 0 saturated carbocycles. The smallest absolute Gasteiger partial charge is 0.344 e. The summed E-state index contributed by atoms with van der Waals surface area (Å²) in [6, 6.07) is 2.48. The van der Waals surface area contributed by atoms with Crippen LogP contribution in [0.2, 0.25) is 0 Å². The van der Waals surface area contributed by atoms with Crippen molar-refractivity contribution < 1.29 is 28.2 Å². The molecule has 0 aromatic heterocycles. The van der Waals surface area contributed by atoms with E-state index in [1.807, 2.05) is 0 Å². The van der Waals surface area contributed by atoms with E-state index in [4.69, 9.17) is 9.47 Å². The van der Waals surface area contributed by atoms with E-state index in [0.29, 0.717) is 4.47 Å². The Kier molecular flexibility index (Phi) is 5.71. The van der Waals surface area contributed by atoms with Crippen LogP contribution in [0.1, 0.15) is 31.1 Å². The summed E-state index contributed by atoms with van der Waals surface area (Å²) >= 11 is 3.09. The summed E-state index contributed by atoms with van der Waals surface area (Å²) < 4.78 is 28.9. The Morgan fingerprint density at radius 3 is 2.43 bits per heavy atom. The Balaban J connectivity index is 2.92. The summed E-state index contributed by atoms with van der Waals surface area (Å²) in [7, 11) is 1.13.